The average Bonchev–Trinajstić information content (AvgIpc) is 2.17. The maximum Gasteiger partial charge on any atom is 0.147 e. The van der Waals surface area contributed by atoms with Crippen LogP contribution < -0.4 is 5.73 Å². The Kier molecular flexibility index (Phi) is 4.46. The highest BCUT2D eigenvalue weighted by Gasteiger charge is 2.11. The van der Waals surface area contributed by atoms with Gasteiger partial charge in [0.25, 0.3) is 0 Å². The Hall–Kier alpha value is -0.460. The highest BCUT2D eigenvalue weighted by atomic mass is 79.9. The predicted molar refractivity (Wildman–Crippen MR) is 65.4 cm³/mol. The van der Waals surface area contributed by atoms with Gasteiger partial charge in [-0.05, 0) is 40.0 Å². The number of hydrogen-bond acceptors (Lipinski definition) is 3. The van der Waals surface area contributed by atoms with Crippen LogP contribution in [0, 0.1) is 5.82 Å². The molecule has 3 nitrogen and oxygen atoms in total. The molecule has 0 aromatic heterocycles. The Morgan fingerprint density at radius 1 is 1.50 bits per heavy atom. The first-order valence-electron chi connectivity index (χ1n) is 4.68. The van der Waals surface area contributed by atoms with E-state index >= 15 is 0 Å². The number of halogens is 2. The lowest BCUT2D eigenvalue weighted by molar-refractivity contribution is 0.590. The Morgan fingerprint density at radius 2 is 2.12 bits per heavy atom. The Labute approximate surface area is 103 Å². The van der Waals surface area contributed by atoms with Crippen molar-refractivity contribution >= 4 is 25.8 Å². The fourth-order valence-electron chi connectivity index (χ4n) is 1.25. The van der Waals surface area contributed by atoms with Crippen molar-refractivity contribution in [2.45, 2.75) is 12.5 Å². The van der Waals surface area contributed by atoms with Gasteiger partial charge in [-0.15, -0.1) is 0 Å². The summed E-state index contributed by atoms with van der Waals surface area (Å²) in [4.78, 5) is 0. The highest BCUT2D eigenvalue weighted by molar-refractivity contribution is 9.10. The smallest absolute Gasteiger partial charge is 0.147 e. The van der Waals surface area contributed by atoms with Crippen LogP contribution in [-0.4, -0.2) is 20.4 Å². The minimum absolute atomic E-state index is 0.0309. The third kappa shape index (κ3) is 4.19. The summed E-state index contributed by atoms with van der Waals surface area (Å²) in [6.07, 6.45) is 1.50. The molecule has 1 aromatic carbocycles. The molecule has 1 unspecified atom stereocenters. The molecule has 0 amide bonds. The Balaban J connectivity index is 2.73. The van der Waals surface area contributed by atoms with Crippen LogP contribution in [0.4, 0.5) is 4.39 Å². The van der Waals surface area contributed by atoms with Gasteiger partial charge >= 0.3 is 0 Å². The fraction of sp³-hybridized carbons (Fsp3) is 0.400. The summed E-state index contributed by atoms with van der Waals surface area (Å²) in [7, 11) is -3.01. The van der Waals surface area contributed by atoms with Crippen molar-refractivity contribution < 1.29 is 12.8 Å². The van der Waals surface area contributed by atoms with E-state index in [1.165, 1.54) is 12.3 Å². The molecule has 2 N–H and O–H groups in total. The van der Waals surface area contributed by atoms with Crippen LogP contribution in [0.15, 0.2) is 22.7 Å². The van der Waals surface area contributed by atoms with E-state index < -0.39 is 15.9 Å². The van der Waals surface area contributed by atoms with Crippen molar-refractivity contribution in [1.82, 2.24) is 0 Å². The van der Waals surface area contributed by atoms with Crippen molar-refractivity contribution in [1.29, 1.82) is 0 Å². The van der Waals surface area contributed by atoms with E-state index in [4.69, 9.17) is 5.73 Å². The van der Waals surface area contributed by atoms with E-state index in [2.05, 4.69) is 15.9 Å². The van der Waals surface area contributed by atoms with Crippen LogP contribution in [0.2, 0.25) is 0 Å². The molecule has 0 aliphatic rings. The van der Waals surface area contributed by atoms with Gasteiger partial charge in [-0.1, -0.05) is 6.07 Å². The van der Waals surface area contributed by atoms with Gasteiger partial charge in [0.15, 0.2) is 0 Å². The van der Waals surface area contributed by atoms with Crippen LogP contribution in [0.3, 0.4) is 0 Å². The third-order valence-corrected chi connectivity index (χ3v) is 3.76. The molecule has 0 aliphatic heterocycles. The van der Waals surface area contributed by atoms with Gasteiger partial charge in [0, 0.05) is 12.3 Å². The molecule has 0 heterocycles. The summed E-state index contributed by atoms with van der Waals surface area (Å²) in [6, 6.07) is 4.04. The van der Waals surface area contributed by atoms with Crippen LogP contribution in [0.25, 0.3) is 0 Å². The van der Waals surface area contributed by atoms with Crippen molar-refractivity contribution in [3.63, 3.8) is 0 Å². The molecule has 0 aliphatic carbocycles. The van der Waals surface area contributed by atoms with Gasteiger partial charge in [0.05, 0.1) is 10.2 Å². The molecule has 0 saturated carbocycles. The van der Waals surface area contributed by atoms with Gasteiger partial charge in [-0.2, -0.15) is 0 Å². The van der Waals surface area contributed by atoms with Crippen LogP contribution in [-0.2, 0) is 9.84 Å². The van der Waals surface area contributed by atoms with E-state index in [9.17, 15) is 12.8 Å². The van der Waals surface area contributed by atoms with Crippen molar-refractivity contribution in [2.24, 2.45) is 5.73 Å². The molecule has 0 bridgehead atoms. The van der Waals surface area contributed by atoms with E-state index in [1.807, 2.05) is 0 Å². The van der Waals surface area contributed by atoms with E-state index in [0.717, 1.165) is 5.56 Å². The molecule has 16 heavy (non-hydrogen) atoms. The maximum atomic E-state index is 13.0. The van der Waals surface area contributed by atoms with Crippen molar-refractivity contribution in [2.75, 3.05) is 12.0 Å². The first kappa shape index (κ1) is 13.6. The second-order valence-electron chi connectivity index (χ2n) is 3.70. The van der Waals surface area contributed by atoms with Gasteiger partial charge in [0.1, 0.15) is 15.7 Å². The third-order valence-electron chi connectivity index (χ3n) is 2.17. The first-order chi connectivity index (χ1) is 7.29. The Bertz CT molecular complexity index is 476. The maximum absolute atomic E-state index is 13.0. The number of benzene rings is 1. The normalized spacial score (nSPS) is 13.8. The predicted octanol–water partition coefficient (Wildman–Crippen LogP) is 2.02. The SMILES string of the molecule is CS(=O)(=O)CCC(N)c1ccc(F)c(Br)c1. The molecule has 6 heteroatoms. The van der Waals surface area contributed by atoms with Crippen molar-refractivity contribution in [3.8, 4) is 0 Å². The lowest BCUT2D eigenvalue weighted by atomic mass is 10.1. The van der Waals surface area contributed by atoms with E-state index in [0.29, 0.717) is 10.9 Å². The number of rotatable bonds is 4. The number of sulfone groups is 1. The molecule has 1 atom stereocenters. The number of nitrogens with two attached hydrogens (primary N) is 1. The molecular formula is C10H13BrFNO2S. The van der Waals surface area contributed by atoms with Gasteiger partial charge in [-0.25, -0.2) is 12.8 Å². The van der Waals surface area contributed by atoms with Crippen molar-refractivity contribution in [3.05, 3.63) is 34.1 Å². The fourth-order valence-corrected chi connectivity index (χ4v) is 2.33. The summed E-state index contributed by atoms with van der Waals surface area (Å²) in [6.45, 7) is 0. The zero-order valence-electron chi connectivity index (χ0n) is 8.78. The lowest BCUT2D eigenvalue weighted by Crippen LogP contribution is -2.15. The second kappa shape index (κ2) is 5.25. The molecule has 90 valence electrons. The minimum Gasteiger partial charge on any atom is -0.324 e. The standard InChI is InChI=1S/C10H13BrFNO2S/c1-16(14,15)5-4-10(13)7-2-3-9(12)8(11)6-7/h2-3,6,10H,4-5,13H2,1H3. The average molecular weight is 310 g/mol. The quantitative estimate of drug-likeness (QED) is 0.925. The lowest BCUT2D eigenvalue weighted by Gasteiger charge is -2.11. The minimum atomic E-state index is -3.01. The van der Waals surface area contributed by atoms with E-state index in [1.54, 1.807) is 12.1 Å². The summed E-state index contributed by atoms with van der Waals surface area (Å²) in [5, 5.41) is 0. The molecule has 0 fully saturated rings. The zero-order chi connectivity index (χ0) is 12.3. The molecule has 1 aromatic rings. The molecule has 0 saturated heterocycles. The van der Waals surface area contributed by atoms with Crippen LogP contribution >= 0.6 is 15.9 Å². The summed E-state index contributed by atoms with van der Waals surface area (Å²) in [5.41, 5.74) is 6.53. The second-order valence-corrected chi connectivity index (χ2v) is 6.81. The largest absolute Gasteiger partial charge is 0.324 e. The highest BCUT2D eigenvalue weighted by Crippen LogP contribution is 2.22. The zero-order valence-corrected chi connectivity index (χ0v) is 11.2. The topological polar surface area (TPSA) is 60.2 Å². The Morgan fingerprint density at radius 3 is 2.62 bits per heavy atom. The molecule has 0 radical (unpaired) electrons. The monoisotopic (exact) mass is 309 g/mol. The van der Waals surface area contributed by atoms with Gasteiger partial charge < -0.3 is 5.73 Å². The number of hydrogen-bond donors (Lipinski definition) is 1. The summed E-state index contributed by atoms with van der Waals surface area (Å²) in [5.74, 6) is -0.331. The van der Waals surface area contributed by atoms with E-state index in [-0.39, 0.29) is 11.6 Å². The summed E-state index contributed by atoms with van der Waals surface area (Å²) >= 11 is 3.06. The molecular weight excluding hydrogens is 297 g/mol. The summed E-state index contributed by atoms with van der Waals surface area (Å²) < 4.78 is 35.2. The first-order valence-corrected chi connectivity index (χ1v) is 7.53. The van der Waals surface area contributed by atoms with Gasteiger partial charge in [-0.3, -0.25) is 0 Å². The van der Waals surface area contributed by atoms with Crippen LogP contribution in [0.5, 0.6) is 0 Å². The molecule has 1 rings (SSSR count). The molecule has 0 spiro atoms. The van der Waals surface area contributed by atoms with Gasteiger partial charge in [0.2, 0.25) is 0 Å². The van der Waals surface area contributed by atoms with Crippen LogP contribution in [0.1, 0.15) is 18.0 Å².